The maximum atomic E-state index is 11.9. The first-order chi connectivity index (χ1) is 13.5. The summed E-state index contributed by atoms with van der Waals surface area (Å²) >= 11 is 0. The van der Waals surface area contributed by atoms with Crippen molar-refractivity contribution in [3.63, 3.8) is 0 Å². The zero-order valence-electron chi connectivity index (χ0n) is 16.6. The van der Waals surface area contributed by atoms with Crippen LogP contribution in [0.4, 0.5) is 11.4 Å². The molecule has 0 aliphatic rings. The highest BCUT2D eigenvalue weighted by Gasteiger charge is 2.17. The summed E-state index contributed by atoms with van der Waals surface area (Å²) in [6.45, 7) is 4.21. The minimum atomic E-state index is -0.360. The molecule has 1 heterocycles. The smallest absolute Gasteiger partial charge is 0.337 e. The molecule has 0 unspecified atom stereocenters. The first-order valence-electron chi connectivity index (χ1n) is 9.27. The Kier molecular flexibility index (Phi) is 5.68. The first kappa shape index (κ1) is 19.5. The number of ether oxygens (including phenoxy) is 1. The fourth-order valence-electron chi connectivity index (χ4n) is 3.31. The molecule has 146 valence electrons. The highest BCUT2D eigenvalue weighted by atomic mass is 16.5. The highest BCUT2D eigenvalue weighted by molar-refractivity contribution is 6.04. The number of nitrogens with zero attached hydrogens (tertiary/aromatic N) is 1. The quantitative estimate of drug-likeness (QED) is 0.471. The molecule has 2 aromatic carbocycles. The van der Waals surface area contributed by atoms with Gasteiger partial charge in [0.25, 0.3) is 0 Å². The Hall–Kier alpha value is -3.28. The fraction of sp³-hybridized carbons (Fsp3) is 0.273. The van der Waals surface area contributed by atoms with Crippen LogP contribution < -0.4 is 10.6 Å². The van der Waals surface area contributed by atoms with Gasteiger partial charge in [-0.2, -0.15) is 0 Å². The molecule has 0 saturated heterocycles. The summed E-state index contributed by atoms with van der Waals surface area (Å²) in [7, 11) is 3.32. The van der Waals surface area contributed by atoms with Gasteiger partial charge < -0.3 is 19.9 Å². The van der Waals surface area contributed by atoms with Gasteiger partial charge in [0.05, 0.1) is 24.0 Å². The van der Waals surface area contributed by atoms with Crippen LogP contribution in [0.3, 0.4) is 0 Å². The van der Waals surface area contributed by atoms with E-state index in [0.717, 1.165) is 39.8 Å². The van der Waals surface area contributed by atoms with Gasteiger partial charge in [-0.15, -0.1) is 0 Å². The number of nitrogens with one attached hydrogen (secondary N) is 2. The summed E-state index contributed by atoms with van der Waals surface area (Å²) < 4.78 is 6.82. The minimum absolute atomic E-state index is 0.245. The SMILES string of the molecule is CC[C@@H](C)Nc1c(NC=O)cccc1-c1cn(C)c2cc(C(=O)OC)ccc12. The Balaban J connectivity index is 2.20. The lowest BCUT2D eigenvalue weighted by molar-refractivity contribution is -0.105. The van der Waals surface area contributed by atoms with Crippen molar-refractivity contribution in [1.82, 2.24) is 4.57 Å². The molecule has 0 aliphatic heterocycles. The number of anilines is 2. The highest BCUT2D eigenvalue weighted by Crippen LogP contribution is 2.39. The predicted molar refractivity (Wildman–Crippen MR) is 113 cm³/mol. The second-order valence-electron chi connectivity index (χ2n) is 6.82. The predicted octanol–water partition coefficient (Wildman–Crippen LogP) is 4.41. The van der Waals surface area contributed by atoms with Crippen LogP contribution in [0.5, 0.6) is 0 Å². The lowest BCUT2D eigenvalue weighted by Gasteiger charge is -2.20. The molecule has 0 bridgehead atoms. The van der Waals surface area contributed by atoms with Crippen LogP contribution in [0.25, 0.3) is 22.0 Å². The summed E-state index contributed by atoms with van der Waals surface area (Å²) in [5, 5.41) is 7.33. The zero-order valence-corrected chi connectivity index (χ0v) is 16.6. The molecule has 0 aliphatic carbocycles. The van der Waals surface area contributed by atoms with Crippen LogP contribution in [-0.2, 0) is 16.6 Å². The molecule has 28 heavy (non-hydrogen) atoms. The summed E-state index contributed by atoms with van der Waals surface area (Å²) in [4.78, 5) is 23.0. The average molecular weight is 379 g/mol. The molecule has 1 atom stereocenters. The average Bonchev–Trinajstić information content (AvgIpc) is 3.04. The maximum Gasteiger partial charge on any atom is 0.337 e. The van der Waals surface area contributed by atoms with E-state index < -0.39 is 0 Å². The van der Waals surface area contributed by atoms with Gasteiger partial charge in [-0.1, -0.05) is 25.1 Å². The van der Waals surface area contributed by atoms with Crippen LogP contribution in [0.2, 0.25) is 0 Å². The molecule has 1 amide bonds. The summed E-state index contributed by atoms with van der Waals surface area (Å²) in [5.74, 6) is -0.360. The van der Waals surface area contributed by atoms with Crippen molar-refractivity contribution in [3.8, 4) is 11.1 Å². The van der Waals surface area contributed by atoms with Gasteiger partial charge in [0.2, 0.25) is 6.41 Å². The van der Waals surface area contributed by atoms with Crippen molar-refractivity contribution in [1.29, 1.82) is 0 Å². The van der Waals surface area contributed by atoms with E-state index in [1.54, 1.807) is 6.07 Å². The molecule has 3 rings (SSSR count). The molecule has 0 spiro atoms. The lowest BCUT2D eigenvalue weighted by Crippen LogP contribution is -2.15. The van der Waals surface area contributed by atoms with Gasteiger partial charge in [0.15, 0.2) is 0 Å². The molecule has 0 radical (unpaired) electrons. The summed E-state index contributed by atoms with van der Waals surface area (Å²) in [5.41, 5.74) is 5.07. The van der Waals surface area contributed by atoms with Gasteiger partial charge >= 0.3 is 5.97 Å². The lowest BCUT2D eigenvalue weighted by atomic mass is 10.00. The van der Waals surface area contributed by atoms with E-state index >= 15 is 0 Å². The molecule has 6 heteroatoms. The van der Waals surface area contributed by atoms with Crippen LogP contribution in [0.15, 0.2) is 42.6 Å². The number of hydrogen-bond donors (Lipinski definition) is 2. The number of esters is 1. The van der Waals surface area contributed by atoms with Crippen molar-refractivity contribution in [2.75, 3.05) is 17.7 Å². The molecule has 1 aromatic heterocycles. The third-order valence-electron chi connectivity index (χ3n) is 4.98. The molecule has 2 N–H and O–H groups in total. The van der Waals surface area contributed by atoms with E-state index in [4.69, 9.17) is 4.74 Å². The van der Waals surface area contributed by atoms with Crippen molar-refractivity contribution in [2.24, 2.45) is 7.05 Å². The number of aryl methyl sites for hydroxylation is 1. The van der Waals surface area contributed by atoms with E-state index in [9.17, 15) is 9.59 Å². The van der Waals surface area contributed by atoms with E-state index in [2.05, 4.69) is 24.5 Å². The monoisotopic (exact) mass is 379 g/mol. The Morgan fingerprint density at radius 3 is 2.71 bits per heavy atom. The number of benzene rings is 2. The van der Waals surface area contributed by atoms with Crippen molar-refractivity contribution in [2.45, 2.75) is 26.3 Å². The number of hydrogen-bond acceptors (Lipinski definition) is 4. The Morgan fingerprint density at radius 2 is 2.04 bits per heavy atom. The Labute approximate surface area is 164 Å². The molecule has 3 aromatic rings. The van der Waals surface area contributed by atoms with Crippen LogP contribution >= 0.6 is 0 Å². The van der Waals surface area contributed by atoms with E-state index in [1.807, 2.05) is 48.1 Å². The largest absolute Gasteiger partial charge is 0.465 e. The van der Waals surface area contributed by atoms with Crippen LogP contribution in [0, 0.1) is 0 Å². The third-order valence-corrected chi connectivity index (χ3v) is 4.98. The van der Waals surface area contributed by atoms with E-state index in [0.29, 0.717) is 12.0 Å². The first-order valence-corrected chi connectivity index (χ1v) is 9.27. The van der Waals surface area contributed by atoms with Crippen molar-refractivity contribution in [3.05, 3.63) is 48.2 Å². The number of rotatable bonds is 7. The number of carbonyl (C=O) groups excluding carboxylic acids is 2. The van der Waals surface area contributed by atoms with E-state index in [1.165, 1.54) is 7.11 Å². The number of fused-ring (bicyclic) bond motifs is 1. The normalized spacial score (nSPS) is 11.9. The van der Waals surface area contributed by atoms with Gasteiger partial charge in [-0.3, -0.25) is 4.79 Å². The second kappa shape index (κ2) is 8.17. The fourth-order valence-corrected chi connectivity index (χ4v) is 3.31. The van der Waals surface area contributed by atoms with Gasteiger partial charge in [-0.25, -0.2) is 4.79 Å². The number of amides is 1. The van der Waals surface area contributed by atoms with E-state index in [-0.39, 0.29) is 12.0 Å². The van der Waals surface area contributed by atoms with Gasteiger partial charge in [-0.05, 0) is 31.5 Å². The number of aromatic nitrogens is 1. The van der Waals surface area contributed by atoms with Gasteiger partial charge in [0, 0.05) is 41.3 Å². The molecule has 0 saturated carbocycles. The topological polar surface area (TPSA) is 72.4 Å². The standard InChI is InChI=1S/C22H25N3O3/c1-5-14(2)24-21-17(7-6-8-19(21)23-13-26)18-12-25(3)20-11-15(22(27)28-4)9-10-16(18)20/h6-14,24H,5H2,1-4H3,(H,23,26)/t14-/m1/s1. The summed E-state index contributed by atoms with van der Waals surface area (Å²) in [6.07, 6.45) is 3.67. The third kappa shape index (κ3) is 3.58. The Bertz CT molecular complexity index is 1020. The van der Waals surface area contributed by atoms with Crippen molar-refractivity contribution >= 4 is 34.7 Å². The van der Waals surface area contributed by atoms with Crippen LogP contribution in [0.1, 0.15) is 30.6 Å². The zero-order chi connectivity index (χ0) is 20.3. The molecular weight excluding hydrogens is 354 g/mol. The minimum Gasteiger partial charge on any atom is -0.465 e. The van der Waals surface area contributed by atoms with Gasteiger partial charge in [0.1, 0.15) is 0 Å². The molecular formula is C22H25N3O3. The second-order valence-corrected chi connectivity index (χ2v) is 6.82. The molecule has 0 fully saturated rings. The summed E-state index contributed by atoms with van der Waals surface area (Å²) in [6, 6.07) is 11.6. The number of carbonyl (C=O) groups is 2. The number of methoxy groups -OCH3 is 1. The number of para-hydroxylation sites is 1. The van der Waals surface area contributed by atoms with Crippen LogP contribution in [-0.4, -0.2) is 30.1 Å². The Morgan fingerprint density at radius 1 is 1.25 bits per heavy atom. The maximum absolute atomic E-state index is 11.9. The van der Waals surface area contributed by atoms with Crippen molar-refractivity contribution < 1.29 is 14.3 Å². The molecule has 6 nitrogen and oxygen atoms in total.